The monoisotopic (exact) mass is 517 g/mol. The van der Waals surface area contributed by atoms with Crippen LogP contribution < -0.4 is 5.73 Å². The number of anilines is 1. The lowest BCUT2D eigenvalue weighted by molar-refractivity contribution is 0.472. The van der Waals surface area contributed by atoms with Crippen LogP contribution >= 0.6 is 0 Å². The van der Waals surface area contributed by atoms with Gasteiger partial charge in [0.05, 0.1) is 0 Å². The summed E-state index contributed by atoms with van der Waals surface area (Å²) in [5.41, 5.74) is 7.09. The normalized spacial score (nSPS) is 12.7. The lowest BCUT2D eigenvalue weighted by Crippen LogP contribution is -2.03. The zero-order valence-corrected chi connectivity index (χ0v) is 19.9. The highest BCUT2D eigenvalue weighted by Crippen LogP contribution is 2.45. The van der Waals surface area contributed by atoms with Gasteiger partial charge in [-0.2, -0.15) is 16.8 Å². The number of aryl methyl sites for hydroxylation is 2. The predicted octanol–water partition coefficient (Wildman–Crippen LogP) is 4.51. The molecule has 0 radical (unpaired) electrons. The van der Waals surface area contributed by atoms with E-state index in [4.69, 9.17) is 5.73 Å². The summed E-state index contributed by atoms with van der Waals surface area (Å²) in [6.45, 7) is 3.47. The van der Waals surface area contributed by atoms with Gasteiger partial charge in [-0.3, -0.25) is 9.11 Å². The fraction of sp³-hybridized carbons (Fsp3) is 0.0909. The summed E-state index contributed by atoms with van der Waals surface area (Å²) in [5, 5.41) is 29.3. The predicted molar refractivity (Wildman–Crippen MR) is 129 cm³/mol. The van der Waals surface area contributed by atoms with Gasteiger partial charge in [-0.15, -0.1) is 10.2 Å². The Balaban J connectivity index is 2.03. The van der Waals surface area contributed by atoms with E-state index in [0.717, 1.165) is 29.8 Å². The molecule has 11 nitrogen and oxygen atoms in total. The third kappa shape index (κ3) is 4.25. The van der Waals surface area contributed by atoms with Crippen LogP contribution in [0.25, 0.3) is 21.5 Å². The van der Waals surface area contributed by atoms with E-state index in [1.54, 1.807) is 19.1 Å². The molecule has 0 fully saturated rings. The van der Waals surface area contributed by atoms with Crippen molar-refractivity contribution in [1.29, 1.82) is 0 Å². The zero-order chi connectivity index (χ0) is 25.9. The molecule has 0 aliphatic rings. The molecule has 0 bridgehead atoms. The molecule has 0 amide bonds. The van der Waals surface area contributed by atoms with E-state index in [2.05, 4.69) is 10.2 Å². The Hall–Kier alpha value is -3.78. The Morgan fingerprint density at radius 1 is 0.800 bits per heavy atom. The van der Waals surface area contributed by atoms with Crippen LogP contribution in [0.15, 0.2) is 62.5 Å². The average molecular weight is 518 g/mol. The molecular formula is C22H19N3O8S2. The fourth-order valence-corrected chi connectivity index (χ4v) is 5.37. The van der Waals surface area contributed by atoms with Crippen LogP contribution in [0.3, 0.4) is 0 Å². The number of aromatic hydroxyl groups is 2. The Labute approximate surface area is 199 Å². The maximum absolute atomic E-state index is 12.0. The van der Waals surface area contributed by atoms with Crippen LogP contribution in [-0.2, 0) is 20.2 Å². The van der Waals surface area contributed by atoms with Gasteiger partial charge >= 0.3 is 0 Å². The molecule has 0 saturated carbocycles. The van der Waals surface area contributed by atoms with E-state index >= 15 is 0 Å². The van der Waals surface area contributed by atoms with E-state index in [9.17, 15) is 36.2 Å². The fourth-order valence-electron chi connectivity index (χ4n) is 3.95. The number of phenolic OH excluding ortho intramolecular Hbond substituents is 2. The van der Waals surface area contributed by atoms with Crippen molar-refractivity contribution in [3.05, 3.63) is 53.6 Å². The van der Waals surface area contributed by atoms with E-state index in [0.29, 0.717) is 16.3 Å². The van der Waals surface area contributed by atoms with Crippen LogP contribution in [0.1, 0.15) is 11.1 Å². The lowest BCUT2D eigenvalue weighted by atomic mass is 10.0. The van der Waals surface area contributed by atoms with Crippen LogP contribution in [-0.4, -0.2) is 36.2 Å². The van der Waals surface area contributed by atoms with E-state index in [1.807, 2.05) is 13.0 Å². The van der Waals surface area contributed by atoms with Gasteiger partial charge in [0.2, 0.25) is 0 Å². The number of phenols is 2. The van der Waals surface area contributed by atoms with Gasteiger partial charge in [0, 0.05) is 21.8 Å². The van der Waals surface area contributed by atoms with Crippen molar-refractivity contribution in [2.45, 2.75) is 23.6 Å². The Kier molecular flexibility index (Phi) is 5.68. The SMILES string of the molecule is Cc1cc(N)c2c(O)c(N=Nc3cc(S(=O)(=O)O)c4cccc(S(=O)(=O)O)c4c3O)c(C)cc2c1. The van der Waals surface area contributed by atoms with Gasteiger partial charge in [-0.25, -0.2) is 0 Å². The summed E-state index contributed by atoms with van der Waals surface area (Å²) >= 11 is 0. The van der Waals surface area contributed by atoms with Crippen molar-refractivity contribution in [2.24, 2.45) is 10.2 Å². The Morgan fingerprint density at radius 3 is 2.09 bits per heavy atom. The largest absolute Gasteiger partial charge is 0.505 e. The molecule has 0 spiro atoms. The minimum absolute atomic E-state index is 0.0379. The highest BCUT2D eigenvalue weighted by molar-refractivity contribution is 7.86. The van der Waals surface area contributed by atoms with E-state index in [1.165, 1.54) is 0 Å². The molecule has 0 unspecified atom stereocenters. The first kappa shape index (κ1) is 24.3. The van der Waals surface area contributed by atoms with Crippen LogP contribution in [0, 0.1) is 13.8 Å². The highest BCUT2D eigenvalue weighted by Gasteiger charge is 2.25. The first-order chi connectivity index (χ1) is 16.2. The number of nitrogens with zero attached hydrogens (tertiary/aromatic N) is 2. The number of fused-ring (bicyclic) bond motifs is 2. The first-order valence-corrected chi connectivity index (χ1v) is 12.8. The molecule has 0 heterocycles. The highest BCUT2D eigenvalue weighted by atomic mass is 32.2. The molecule has 35 heavy (non-hydrogen) atoms. The van der Waals surface area contributed by atoms with Crippen LogP contribution in [0.5, 0.6) is 11.5 Å². The third-order valence-electron chi connectivity index (χ3n) is 5.40. The van der Waals surface area contributed by atoms with Crippen molar-refractivity contribution in [2.75, 3.05) is 5.73 Å². The average Bonchev–Trinajstić information content (AvgIpc) is 2.72. The molecule has 4 aromatic carbocycles. The number of rotatable bonds is 4. The van der Waals surface area contributed by atoms with Crippen molar-refractivity contribution < 1.29 is 36.2 Å². The minimum Gasteiger partial charge on any atom is -0.505 e. The summed E-state index contributed by atoms with van der Waals surface area (Å²) in [6, 6.07) is 9.16. The smallest absolute Gasteiger partial charge is 0.295 e. The molecule has 0 atom stereocenters. The number of benzene rings is 4. The topological polar surface area (TPSA) is 200 Å². The second kappa shape index (κ2) is 8.16. The molecule has 0 saturated heterocycles. The molecule has 6 N–H and O–H groups in total. The number of nitrogen functional groups attached to an aromatic ring is 1. The van der Waals surface area contributed by atoms with Crippen molar-refractivity contribution in [1.82, 2.24) is 0 Å². The van der Waals surface area contributed by atoms with Crippen molar-refractivity contribution in [3.63, 3.8) is 0 Å². The summed E-state index contributed by atoms with van der Waals surface area (Å²) in [7, 11) is -9.83. The van der Waals surface area contributed by atoms with Crippen LogP contribution in [0.2, 0.25) is 0 Å². The van der Waals surface area contributed by atoms with E-state index < -0.39 is 46.9 Å². The quantitative estimate of drug-likeness (QED) is 0.147. The Morgan fingerprint density at radius 2 is 1.46 bits per heavy atom. The number of hydrogen-bond acceptors (Lipinski definition) is 9. The molecule has 182 valence electrons. The lowest BCUT2D eigenvalue weighted by Gasteiger charge is -2.12. The summed E-state index contributed by atoms with van der Waals surface area (Å²) in [4.78, 5) is -1.58. The second-order valence-electron chi connectivity index (χ2n) is 7.91. The maximum Gasteiger partial charge on any atom is 0.295 e. The molecule has 0 aliphatic heterocycles. The van der Waals surface area contributed by atoms with Gasteiger partial charge in [0.1, 0.15) is 21.2 Å². The van der Waals surface area contributed by atoms with Crippen molar-refractivity contribution >= 4 is 58.8 Å². The maximum atomic E-state index is 12.0. The summed E-state index contributed by atoms with van der Waals surface area (Å²) < 4.78 is 67.0. The van der Waals surface area contributed by atoms with Gasteiger partial charge in [-0.1, -0.05) is 18.2 Å². The van der Waals surface area contributed by atoms with Gasteiger partial charge in [0.15, 0.2) is 11.5 Å². The van der Waals surface area contributed by atoms with Gasteiger partial charge in [0.25, 0.3) is 20.2 Å². The standard InChI is InChI=1S/C22H19N3O8S2/c1-10-6-12-8-11(2)20(22(27)18(12)14(23)7-10)25-24-15-9-17(35(31,32)33)13-4-3-5-16(34(28,29)30)19(13)21(15)26/h3-9,26-27H,23H2,1-2H3,(H,28,29,30)(H,31,32,33). The van der Waals surface area contributed by atoms with Crippen LogP contribution in [0.4, 0.5) is 17.1 Å². The third-order valence-corrected chi connectivity index (χ3v) is 7.19. The summed E-state index contributed by atoms with van der Waals surface area (Å²) in [5.74, 6) is -1.13. The van der Waals surface area contributed by atoms with E-state index in [-0.39, 0.29) is 22.5 Å². The molecule has 4 aromatic rings. The second-order valence-corrected chi connectivity index (χ2v) is 10.7. The van der Waals surface area contributed by atoms with Gasteiger partial charge in [-0.05, 0) is 54.6 Å². The molecule has 13 heteroatoms. The number of hydrogen-bond donors (Lipinski definition) is 5. The number of nitrogens with two attached hydrogens (primary N) is 1. The van der Waals surface area contributed by atoms with Gasteiger partial charge < -0.3 is 15.9 Å². The number of azo groups is 1. The molecule has 4 rings (SSSR count). The minimum atomic E-state index is -4.92. The van der Waals surface area contributed by atoms with Crippen molar-refractivity contribution in [3.8, 4) is 11.5 Å². The Bertz CT molecular complexity index is 1800. The first-order valence-electron chi connectivity index (χ1n) is 9.88. The molecule has 0 aliphatic carbocycles. The molecular weight excluding hydrogens is 498 g/mol. The zero-order valence-electron chi connectivity index (χ0n) is 18.3. The summed E-state index contributed by atoms with van der Waals surface area (Å²) in [6.07, 6.45) is 0. The molecule has 0 aromatic heterocycles.